The summed E-state index contributed by atoms with van der Waals surface area (Å²) in [4.78, 5) is -0.0162. The number of nitrogens with one attached hydrogen (secondary N) is 1. The van der Waals surface area contributed by atoms with Crippen LogP contribution in [0.3, 0.4) is 0 Å². The molecule has 1 saturated carbocycles. The third kappa shape index (κ3) is 2.65. The van der Waals surface area contributed by atoms with Crippen LogP contribution in [0.1, 0.15) is 19.3 Å². The Labute approximate surface area is 106 Å². The quantitative estimate of drug-likeness (QED) is 0.682. The zero-order valence-corrected chi connectivity index (χ0v) is 11.0. The average molecular weight is 274 g/mol. The molecule has 2 atom stereocenters. The number of aliphatic hydroxyl groups is 1. The van der Waals surface area contributed by atoms with Gasteiger partial charge in [0.15, 0.2) is 5.82 Å². The monoisotopic (exact) mass is 274 g/mol. The smallest absolute Gasteiger partial charge is 0.245 e. The van der Waals surface area contributed by atoms with Crippen LogP contribution < -0.4 is 10.5 Å². The second-order valence-electron chi connectivity index (χ2n) is 4.66. The van der Waals surface area contributed by atoms with Crippen LogP contribution in [-0.4, -0.2) is 36.0 Å². The lowest BCUT2D eigenvalue weighted by Gasteiger charge is -2.14. The summed E-state index contributed by atoms with van der Waals surface area (Å²) in [5.41, 5.74) is 5.54. The van der Waals surface area contributed by atoms with Gasteiger partial charge < -0.3 is 10.8 Å². The lowest BCUT2D eigenvalue weighted by molar-refractivity contribution is 0.134. The van der Waals surface area contributed by atoms with Gasteiger partial charge in [0.05, 0.1) is 6.10 Å². The summed E-state index contributed by atoms with van der Waals surface area (Å²) >= 11 is 0. The maximum atomic E-state index is 12.0. The molecule has 0 spiro atoms. The fraction of sp³-hybridized carbons (Fsp3) is 0.700. The molecule has 102 valence electrons. The van der Waals surface area contributed by atoms with Crippen molar-refractivity contribution < 1.29 is 13.5 Å². The van der Waals surface area contributed by atoms with Crippen molar-refractivity contribution in [2.45, 2.75) is 30.3 Å². The van der Waals surface area contributed by atoms with Gasteiger partial charge in [-0.25, -0.2) is 13.1 Å². The standard InChI is InChI=1S/C10H18N4O3S/c1-14-6-9(10(11)13-14)18(16,17)12-5-7-3-2-4-8(7)15/h6-8,12,15H,2-5H2,1H3,(H2,11,13). The molecule has 0 saturated heterocycles. The van der Waals surface area contributed by atoms with Gasteiger partial charge in [-0.1, -0.05) is 6.42 Å². The molecule has 7 nitrogen and oxygen atoms in total. The third-order valence-electron chi connectivity index (χ3n) is 3.27. The lowest BCUT2D eigenvalue weighted by atomic mass is 10.1. The zero-order valence-electron chi connectivity index (χ0n) is 10.2. The molecule has 1 aliphatic carbocycles. The Hall–Kier alpha value is -1.12. The van der Waals surface area contributed by atoms with Gasteiger partial charge >= 0.3 is 0 Å². The van der Waals surface area contributed by atoms with Crippen LogP contribution in [0.25, 0.3) is 0 Å². The van der Waals surface area contributed by atoms with E-state index in [2.05, 4.69) is 9.82 Å². The summed E-state index contributed by atoms with van der Waals surface area (Å²) in [6.45, 7) is 0.234. The first-order chi connectivity index (χ1) is 8.40. The van der Waals surface area contributed by atoms with E-state index in [1.54, 1.807) is 7.05 Å². The molecular formula is C10H18N4O3S. The molecule has 0 aliphatic heterocycles. The first kappa shape index (κ1) is 13.3. The second-order valence-corrected chi connectivity index (χ2v) is 6.40. The predicted octanol–water partition coefficient (Wildman–Crippen LogP) is -0.558. The highest BCUT2D eigenvalue weighted by atomic mass is 32.2. The Bertz CT molecular complexity index is 525. The van der Waals surface area contributed by atoms with Crippen molar-refractivity contribution in [3.8, 4) is 0 Å². The Balaban J connectivity index is 2.06. The van der Waals surface area contributed by atoms with Crippen molar-refractivity contribution in [1.29, 1.82) is 0 Å². The predicted molar refractivity (Wildman–Crippen MR) is 66.2 cm³/mol. The lowest BCUT2D eigenvalue weighted by Crippen LogP contribution is -2.32. The Kier molecular flexibility index (Phi) is 3.60. The molecule has 8 heteroatoms. The minimum Gasteiger partial charge on any atom is -0.393 e. The Morgan fingerprint density at radius 3 is 2.83 bits per heavy atom. The molecule has 18 heavy (non-hydrogen) atoms. The number of hydrogen-bond donors (Lipinski definition) is 3. The molecular weight excluding hydrogens is 256 g/mol. The highest BCUT2D eigenvalue weighted by Gasteiger charge is 2.28. The molecule has 0 aromatic carbocycles. The van der Waals surface area contributed by atoms with Crippen LogP contribution in [0.2, 0.25) is 0 Å². The molecule has 1 aromatic rings. The number of aliphatic hydroxyl groups excluding tert-OH is 1. The molecule has 4 N–H and O–H groups in total. The number of nitrogen functional groups attached to an aromatic ring is 1. The van der Waals surface area contributed by atoms with Gasteiger partial charge in [-0.15, -0.1) is 0 Å². The number of anilines is 1. The largest absolute Gasteiger partial charge is 0.393 e. The summed E-state index contributed by atoms with van der Waals surface area (Å²) in [5, 5.41) is 13.4. The van der Waals surface area contributed by atoms with Gasteiger partial charge in [0.25, 0.3) is 0 Å². The fourth-order valence-electron chi connectivity index (χ4n) is 2.24. The Morgan fingerprint density at radius 2 is 2.33 bits per heavy atom. The molecule has 2 rings (SSSR count). The van der Waals surface area contributed by atoms with Gasteiger partial charge in [0.1, 0.15) is 4.90 Å². The van der Waals surface area contributed by atoms with Gasteiger partial charge in [-0.2, -0.15) is 5.10 Å². The molecule has 1 fully saturated rings. The summed E-state index contributed by atoms with van der Waals surface area (Å²) in [7, 11) is -2.04. The number of nitrogens with two attached hydrogens (primary N) is 1. The summed E-state index contributed by atoms with van der Waals surface area (Å²) in [6.07, 6.45) is 3.46. The van der Waals surface area contributed by atoms with Crippen molar-refractivity contribution >= 4 is 15.8 Å². The molecule has 1 aromatic heterocycles. The number of aryl methyl sites for hydroxylation is 1. The van der Waals surface area contributed by atoms with E-state index in [-0.39, 0.29) is 23.2 Å². The van der Waals surface area contributed by atoms with Crippen LogP contribution in [-0.2, 0) is 17.1 Å². The molecule has 0 bridgehead atoms. The summed E-state index contributed by atoms with van der Waals surface area (Å²) in [5.74, 6) is -0.0327. The van der Waals surface area contributed by atoms with Gasteiger partial charge in [0, 0.05) is 19.8 Å². The van der Waals surface area contributed by atoms with Gasteiger partial charge in [-0.3, -0.25) is 4.68 Å². The minimum atomic E-state index is -3.65. The highest BCUT2D eigenvalue weighted by molar-refractivity contribution is 7.89. The SMILES string of the molecule is Cn1cc(S(=O)(=O)NCC2CCCC2O)c(N)n1. The van der Waals surface area contributed by atoms with E-state index in [1.807, 2.05) is 0 Å². The molecule has 1 aliphatic rings. The zero-order chi connectivity index (χ0) is 13.3. The maximum Gasteiger partial charge on any atom is 0.245 e. The summed E-state index contributed by atoms with van der Waals surface area (Å²) in [6, 6.07) is 0. The first-order valence-electron chi connectivity index (χ1n) is 5.87. The topological polar surface area (TPSA) is 110 Å². The number of rotatable bonds is 4. The average Bonchev–Trinajstić information content (AvgIpc) is 2.82. The third-order valence-corrected chi connectivity index (χ3v) is 4.71. The van der Waals surface area contributed by atoms with E-state index in [9.17, 15) is 13.5 Å². The number of aromatic nitrogens is 2. The second kappa shape index (κ2) is 4.87. The molecule has 0 radical (unpaired) electrons. The van der Waals surface area contributed by atoms with Crippen LogP contribution in [0.5, 0.6) is 0 Å². The van der Waals surface area contributed by atoms with Crippen molar-refractivity contribution in [3.05, 3.63) is 6.20 Å². The van der Waals surface area contributed by atoms with Crippen molar-refractivity contribution in [3.63, 3.8) is 0 Å². The normalized spacial score (nSPS) is 24.6. The van der Waals surface area contributed by atoms with Crippen molar-refractivity contribution in [2.75, 3.05) is 12.3 Å². The van der Waals surface area contributed by atoms with Crippen LogP contribution in [0, 0.1) is 5.92 Å². The van der Waals surface area contributed by atoms with E-state index in [0.717, 1.165) is 19.3 Å². The minimum absolute atomic E-state index is 0.0160. The number of nitrogens with zero attached hydrogens (tertiary/aromatic N) is 2. The van der Waals surface area contributed by atoms with E-state index in [4.69, 9.17) is 5.73 Å². The van der Waals surface area contributed by atoms with E-state index >= 15 is 0 Å². The van der Waals surface area contributed by atoms with Crippen LogP contribution in [0.15, 0.2) is 11.1 Å². The fourth-order valence-corrected chi connectivity index (χ4v) is 3.44. The van der Waals surface area contributed by atoms with Crippen LogP contribution in [0.4, 0.5) is 5.82 Å². The molecule has 1 heterocycles. The maximum absolute atomic E-state index is 12.0. The highest BCUT2D eigenvalue weighted by Crippen LogP contribution is 2.25. The first-order valence-corrected chi connectivity index (χ1v) is 7.35. The van der Waals surface area contributed by atoms with Gasteiger partial charge in [0.2, 0.25) is 10.0 Å². The van der Waals surface area contributed by atoms with E-state index < -0.39 is 16.1 Å². The summed E-state index contributed by atoms with van der Waals surface area (Å²) < 4.78 is 27.8. The van der Waals surface area contributed by atoms with E-state index in [1.165, 1.54) is 10.9 Å². The van der Waals surface area contributed by atoms with Crippen molar-refractivity contribution in [1.82, 2.24) is 14.5 Å². The van der Waals surface area contributed by atoms with Crippen molar-refractivity contribution in [2.24, 2.45) is 13.0 Å². The molecule has 2 unspecified atom stereocenters. The van der Waals surface area contributed by atoms with E-state index in [0.29, 0.717) is 0 Å². The number of sulfonamides is 1. The van der Waals surface area contributed by atoms with Gasteiger partial charge in [-0.05, 0) is 18.8 Å². The molecule has 0 amide bonds. The van der Waals surface area contributed by atoms with Crippen LogP contribution >= 0.6 is 0 Å². The Morgan fingerprint density at radius 1 is 1.61 bits per heavy atom. The number of hydrogen-bond acceptors (Lipinski definition) is 5.